The molecular weight excluding hydrogens is 295 g/mol. The van der Waals surface area contributed by atoms with Crippen molar-refractivity contribution in [2.45, 2.75) is 12.3 Å². The number of nitriles is 2. The average molecular weight is 302 g/mol. The molecule has 1 aromatic carbocycles. The Kier molecular flexibility index (Phi) is 4.98. The van der Waals surface area contributed by atoms with Crippen molar-refractivity contribution in [3.05, 3.63) is 40.6 Å². The van der Waals surface area contributed by atoms with Gasteiger partial charge in [-0.15, -0.1) is 0 Å². The van der Waals surface area contributed by atoms with Gasteiger partial charge in [0.05, 0.1) is 22.2 Å². The van der Waals surface area contributed by atoms with Gasteiger partial charge in [0.25, 0.3) is 0 Å². The van der Waals surface area contributed by atoms with Crippen LogP contribution in [0.2, 0.25) is 5.02 Å². The number of hydrogen-bond acceptors (Lipinski definition) is 4. The van der Waals surface area contributed by atoms with Gasteiger partial charge in [0, 0.05) is 11.9 Å². The largest absolute Gasteiger partial charge is 0.417 e. The molecule has 4 nitrogen and oxygen atoms in total. The quantitative estimate of drug-likeness (QED) is 0.664. The molecule has 2 N–H and O–H groups in total. The maximum Gasteiger partial charge on any atom is 0.417 e. The summed E-state index contributed by atoms with van der Waals surface area (Å²) in [6.45, 7) is 0. The van der Waals surface area contributed by atoms with Gasteiger partial charge in [0.2, 0.25) is 0 Å². The molecule has 0 saturated carbocycles. The Morgan fingerprint density at radius 2 is 2.05 bits per heavy atom. The normalized spacial score (nSPS) is 13.2. The number of nitrogens with zero attached hydrogens (tertiary/aromatic N) is 2. The predicted octanol–water partition coefficient (Wildman–Crippen LogP) is 3.06. The lowest BCUT2D eigenvalue weighted by molar-refractivity contribution is -0.137. The number of hydrogen-bond donors (Lipinski definition) is 2. The van der Waals surface area contributed by atoms with Crippen LogP contribution in [0.4, 0.5) is 18.9 Å². The number of anilines is 1. The van der Waals surface area contributed by atoms with Crippen LogP contribution in [0.1, 0.15) is 5.56 Å². The van der Waals surface area contributed by atoms with Crippen LogP contribution in [-0.2, 0) is 6.18 Å². The van der Waals surface area contributed by atoms with Gasteiger partial charge in [0.1, 0.15) is 6.07 Å². The molecule has 1 atom stereocenters. The lowest BCUT2D eigenvalue weighted by atomic mass is 10.1. The van der Waals surface area contributed by atoms with Crippen molar-refractivity contribution < 1.29 is 18.3 Å². The number of aliphatic hydroxyl groups is 1. The van der Waals surface area contributed by atoms with Gasteiger partial charge in [0.15, 0.2) is 6.10 Å². The van der Waals surface area contributed by atoms with Crippen molar-refractivity contribution in [1.82, 2.24) is 0 Å². The molecule has 0 fully saturated rings. The zero-order chi connectivity index (χ0) is 15.3. The van der Waals surface area contributed by atoms with E-state index in [1.54, 1.807) is 6.07 Å². The fourth-order valence-corrected chi connectivity index (χ4v) is 1.46. The molecule has 0 aliphatic rings. The first kappa shape index (κ1) is 15.8. The third-order valence-electron chi connectivity index (χ3n) is 2.21. The summed E-state index contributed by atoms with van der Waals surface area (Å²) < 4.78 is 37.8. The van der Waals surface area contributed by atoms with Crippen LogP contribution in [0, 0.1) is 22.7 Å². The maximum absolute atomic E-state index is 12.6. The van der Waals surface area contributed by atoms with Crippen LogP contribution in [0.3, 0.4) is 0 Å². The van der Waals surface area contributed by atoms with Gasteiger partial charge in [-0.05, 0) is 18.2 Å². The van der Waals surface area contributed by atoms with E-state index in [0.717, 1.165) is 18.3 Å². The minimum Gasteiger partial charge on any atom is -0.373 e. The van der Waals surface area contributed by atoms with Crippen LogP contribution < -0.4 is 5.32 Å². The zero-order valence-corrected chi connectivity index (χ0v) is 10.5. The van der Waals surface area contributed by atoms with Crippen molar-refractivity contribution in [2.75, 3.05) is 5.32 Å². The Balaban J connectivity index is 3.04. The van der Waals surface area contributed by atoms with Gasteiger partial charge in [-0.1, -0.05) is 11.6 Å². The molecule has 0 spiro atoms. The minimum atomic E-state index is -4.61. The molecule has 0 heterocycles. The van der Waals surface area contributed by atoms with Crippen molar-refractivity contribution >= 4 is 17.3 Å². The topological polar surface area (TPSA) is 79.8 Å². The Bertz CT molecular complexity index is 614. The van der Waals surface area contributed by atoms with E-state index < -0.39 is 22.9 Å². The summed E-state index contributed by atoms with van der Waals surface area (Å²) in [6.07, 6.45) is -5.30. The van der Waals surface area contributed by atoms with Crippen molar-refractivity contribution in [3.8, 4) is 12.1 Å². The average Bonchev–Trinajstić information content (AvgIpc) is 2.39. The van der Waals surface area contributed by atoms with E-state index in [-0.39, 0.29) is 11.3 Å². The number of nitrogens with one attached hydrogen (secondary N) is 1. The highest BCUT2D eigenvalue weighted by molar-refractivity contribution is 6.31. The van der Waals surface area contributed by atoms with Crippen LogP contribution in [-0.4, -0.2) is 11.2 Å². The zero-order valence-electron chi connectivity index (χ0n) is 9.74. The Labute approximate surface area is 117 Å². The highest BCUT2D eigenvalue weighted by Gasteiger charge is 2.33. The Morgan fingerprint density at radius 1 is 1.40 bits per heavy atom. The van der Waals surface area contributed by atoms with E-state index in [2.05, 4.69) is 5.32 Å². The summed E-state index contributed by atoms with van der Waals surface area (Å²) in [4.78, 5) is 0. The van der Waals surface area contributed by atoms with E-state index in [4.69, 9.17) is 27.2 Å². The molecule has 1 unspecified atom stereocenters. The molecule has 0 aliphatic heterocycles. The summed E-state index contributed by atoms with van der Waals surface area (Å²) in [6, 6.07) is 6.05. The van der Waals surface area contributed by atoms with E-state index in [0.29, 0.717) is 0 Å². The highest BCUT2D eigenvalue weighted by Crippen LogP contribution is 2.36. The van der Waals surface area contributed by atoms with E-state index >= 15 is 0 Å². The number of benzene rings is 1. The van der Waals surface area contributed by atoms with Crippen molar-refractivity contribution in [1.29, 1.82) is 10.5 Å². The van der Waals surface area contributed by atoms with Crippen molar-refractivity contribution in [2.24, 2.45) is 0 Å². The molecule has 0 radical (unpaired) electrons. The lowest BCUT2D eigenvalue weighted by Gasteiger charge is -2.11. The molecule has 0 aliphatic carbocycles. The summed E-state index contributed by atoms with van der Waals surface area (Å²) in [5.74, 6) is 0. The van der Waals surface area contributed by atoms with Crippen LogP contribution >= 0.6 is 11.6 Å². The lowest BCUT2D eigenvalue weighted by Crippen LogP contribution is -2.08. The molecule has 1 aromatic rings. The first-order valence-corrected chi connectivity index (χ1v) is 5.48. The van der Waals surface area contributed by atoms with Gasteiger partial charge >= 0.3 is 6.18 Å². The minimum absolute atomic E-state index is 0.0135. The van der Waals surface area contributed by atoms with Gasteiger partial charge < -0.3 is 10.4 Å². The van der Waals surface area contributed by atoms with Gasteiger partial charge in [-0.3, -0.25) is 0 Å². The van der Waals surface area contributed by atoms with E-state index in [1.807, 2.05) is 0 Å². The fraction of sp³-hybridized carbons (Fsp3) is 0.167. The number of aliphatic hydroxyl groups excluding tert-OH is 1. The molecule has 8 heteroatoms. The third-order valence-corrected chi connectivity index (χ3v) is 2.54. The summed E-state index contributed by atoms with van der Waals surface area (Å²) in [5, 5.41) is 28.2. The Hall–Kier alpha value is -2.22. The molecule has 0 bridgehead atoms. The monoisotopic (exact) mass is 301 g/mol. The van der Waals surface area contributed by atoms with Gasteiger partial charge in [-0.2, -0.15) is 23.7 Å². The summed E-state index contributed by atoms with van der Waals surface area (Å²) >= 11 is 5.45. The van der Waals surface area contributed by atoms with Crippen LogP contribution in [0.25, 0.3) is 0 Å². The molecule has 0 aromatic heterocycles. The molecule has 1 rings (SSSR count). The molecule has 0 amide bonds. The number of rotatable bonds is 3. The first-order chi connectivity index (χ1) is 9.29. The molecule has 0 saturated heterocycles. The number of halogens is 4. The van der Waals surface area contributed by atoms with E-state index in [1.165, 1.54) is 12.1 Å². The smallest absolute Gasteiger partial charge is 0.373 e. The maximum atomic E-state index is 12.6. The fourth-order valence-electron chi connectivity index (χ4n) is 1.24. The summed E-state index contributed by atoms with van der Waals surface area (Å²) in [7, 11) is 0. The second kappa shape index (κ2) is 6.29. The second-order valence-corrected chi connectivity index (χ2v) is 3.99. The summed E-state index contributed by atoms with van der Waals surface area (Å²) in [5.41, 5.74) is -1.34. The van der Waals surface area contributed by atoms with Crippen LogP contribution in [0.5, 0.6) is 0 Å². The second-order valence-electron chi connectivity index (χ2n) is 3.58. The molecule has 104 valence electrons. The first-order valence-electron chi connectivity index (χ1n) is 5.10. The third kappa shape index (κ3) is 3.89. The highest BCUT2D eigenvalue weighted by atomic mass is 35.5. The molecular formula is C12H7ClF3N3O. The Morgan fingerprint density at radius 3 is 2.55 bits per heavy atom. The van der Waals surface area contributed by atoms with Crippen molar-refractivity contribution in [3.63, 3.8) is 0 Å². The SMILES string of the molecule is N#CC(=CNc1ccc(Cl)c(C(F)(F)F)c1)C(O)C#N. The van der Waals surface area contributed by atoms with E-state index in [9.17, 15) is 13.2 Å². The van der Waals surface area contributed by atoms with Gasteiger partial charge in [-0.25, -0.2) is 0 Å². The predicted molar refractivity (Wildman–Crippen MR) is 65.4 cm³/mol. The molecule has 20 heavy (non-hydrogen) atoms. The van der Waals surface area contributed by atoms with Crippen LogP contribution in [0.15, 0.2) is 30.0 Å². The number of alkyl halides is 3. The standard InChI is InChI=1S/C12H7ClF3N3O/c13-10-2-1-8(3-9(10)12(14,15)16)19-6-7(4-17)11(20)5-18/h1-3,6,11,19-20H.